The van der Waals surface area contributed by atoms with Crippen LogP contribution in [0.1, 0.15) is 5.56 Å². The summed E-state index contributed by atoms with van der Waals surface area (Å²) in [6, 6.07) is 8.63. The van der Waals surface area contributed by atoms with Gasteiger partial charge in [-0.15, -0.1) is 0 Å². The minimum atomic E-state index is 0.558. The molecule has 1 aromatic rings. The number of nitrogens with zero attached hydrogens (tertiary/aromatic N) is 1. The van der Waals surface area contributed by atoms with Gasteiger partial charge < -0.3 is 4.81 Å². The molecule has 0 unspecified atom stereocenters. The molecular formula is C11H10BN. The minimum Gasteiger partial charge on any atom is -0.387 e. The number of para-hydroxylation sites is 1. The average Bonchev–Trinajstić information content (AvgIpc) is 2.56. The van der Waals surface area contributed by atoms with Crippen LogP contribution < -0.4 is 4.81 Å². The molecule has 0 radical (unpaired) electrons. The van der Waals surface area contributed by atoms with Crippen molar-refractivity contribution in [1.82, 2.24) is 0 Å². The Kier molecular flexibility index (Phi) is 1.36. The largest absolute Gasteiger partial charge is 0.387 e. The van der Waals surface area contributed by atoms with Gasteiger partial charge in [0.2, 0.25) is 0 Å². The second-order valence-electron chi connectivity index (χ2n) is 3.53. The van der Waals surface area contributed by atoms with Crippen molar-refractivity contribution in [2.24, 2.45) is 0 Å². The normalized spacial score (nSPS) is 17.5. The molecule has 0 atom stereocenters. The Balaban J connectivity index is 2.12. The van der Waals surface area contributed by atoms with E-state index >= 15 is 0 Å². The van der Waals surface area contributed by atoms with E-state index in [2.05, 4.69) is 53.4 Å². The molecule has 2 aliphatic heterocycles. The molecule has 0 saturated carbocycles. The Bertz CT molecular complexity index is 395. The standard InChI is InChI=1S/C11H10BN/c1-2-6-11-10(5-1)9-12-7-3-4-8-13(11)12/h1-8H,9H2. The van der Waals surface area contributed by atoms with Crippen LogP contribution in [0.2, 0.25) is 0 Å². The lowest BCUT2D eigenvalue weighted by Crippen LogP contribution is -2.31. The number of allylic oxidation sites excluding steroid dienone is 2. The summed E-state index contributed by atoms with van der Waals surface area (Å²) >= 11 is 0. The van der Waals surface area contributed by atoms with Gasteiger partial charge in [-0.1, -0.05) is 30.3 Å². The van der Waals surface area contributed by atoms with Crippen molar-refractivity contribution in [3.05, 3.63) is 54.2 Å². The molecular weight excluding hydrogens is 157 g/mol. The first kappa shape index (κ1) is 7.02. The smallest absolute Gasteiger partial charge is 0.290 e. The molecule has 0 bridgehead atoms. The van der Waals surface area contributed by atoms with E-state index in [4.69, 9.17) is 0 Å². The van der Waals surface area contributed by atoms with Gasteiger partial charge in [-0.25, -0.2) is 0 Å². The molecule has 2 heteroatoms. The first-order chi connectivity index (χ1) is 6.45. The number of anilines is 1. The van der Waals surface area contributed by atoms with Crippen molar-refractivity contribution < 1.29 is 0 Å². The van der Waals surface area contributed by atoms with E-state index in [0.29, 0.717) is 6.85 Å². The molecule has 3 rings (SSSR count). The maximum Gasteiger partial charge on any atom is 0.290 e. The van der Waals surface area contributed by atoms with Crippen LogP contribution >= 0.6 is 0 Å². The molecule has 2 aliphatic rings. The maximum atomic E-state index is 2.34. The van der Waals surface area contributed by atoms with E-state index in [-0.39, 0.29) is 0 Å². The number of fused-ring (bicyclic) bond motifs is 3. The first-order valence-electron chi connectivity index (χ1n) is 4.66. The SMILES string of the molecule is C1=CB2Cc3ccccc3N2C=C1. The summed E-state index contributed by atoms with van der Waals surface area (Å²) in [5.74, 6) is 2.26. The predicted molar refractivity (Wildman–Crippen MR) is 56.7 cm³/mol. The highest BCUT2D eigenvalue weighted by Gasteiger charge is 2.29. The fourth-order valence-electron chi connectivity index (χ4n) is 2.12. The third-order valence-electron chi connectivity index (χ3n) is 2.75. The van der Waals surface area contributed by atoms with Gasteiger partial charge in [0.15, 0.2) is 0 Å². The van der Waals surface area contributed by atoms with Crippen LogP contribution in [0.5, 0.6) is 0 Å². The molecule has 0 spiro atoms. The summed E-state index contributed by atoms with van der Waals surface area (Å²) < 4.78 is 0. The Morgan fingerprint density at radius 1 is 1.15 bits per heavy atom. The zero-order chi connectivity index (χ0) is 8.67. The first-order valence-corrected chi connectivity index (χ1v) is 4.66. The van der Waals surface area contributed by atoms with Crippen molar-refractivity contribution in [2.45, 2.75) is 6.32 Å². The number of hydrogen-bond donors (Lipinski definition) is 0. The third kappa shape index (κ3) is 0.950. The highest BCUT2D eigenvalue weighted by molar-refractivity contribution is 6.70. The van der Waals surface area contributed by atoms with Gasteiger partial charge in [0.1, 0.15) is 0 Å². The predicted octanol–water partition coefficient (Wildman–Crippen LogP) is 2.20. The van der Waals surface area contributed by atoms with E-state index < -0.39 is 0 Å². The second kappa shape index (κ2) is 2.53. The van der Waals surface area contributed by atoms with Crippen LogP contribution in [0.25, 0.3) is 0 Å². The van der Waals surface area contributed by atoms with Crippen LogP contribution in [-0.2, 0) is 6.32 Å². The van der Waals surface area contributed by atoms with Gasteiger partial charge in [-0.05, 0) is 30.2 Å². The molecule has 0 aromatic heterocycles. The van der Waals surface area contributed by atoms with Crippen molar-refractivity contribution in [1.29, 1.82) is 0 Å². The monoisotopic (exact) mass is 167 g/mol. The van der Waals surface area contributed by atoms with Crippen LogP contribution in [0.3, 0.4) is 0 Å². The summed E-state index contributed by atoms with van der Waals surface area (Å²) in [4.78, 5) is 2.34. The minimum absolute atomic E-state index is 0.558. The van der Waals surface area contributed by atoms with Crippen molar-refractivity contribution in [2.75, 3.05) is 4.81 Å². The van der Waals surface area contributed by atoms with E-state index in [1.54, 1.807) is 0 Å². The van der Waals surface area contributed by atoms with Gasteiger partial charge in [0.05, 0.1) is 0 Å². The van der Waals surface area contributed by atoms with Gasteiger partial charge in [-0.2, -0.15) is 0 Å². The van der Waals surface area contributed by atoms with Crippen LogP contribution in [0, 0.1) is 0 Å². The Morgan fingerprint density at radius 2 is 2.08 bits per heavy atom. The topological polar surface area (TPSA) is 3.24 Å². The maximum absolute atomic E-state index is 2.34. The van der Waals surface area contributed by atoms with Crippen molar-refractivity contribution in [3.63, 3.8) is 0 Å². The van der Waals surface area contributed by atoms with Gasteiger partial charge in [-0.3, -0.25) is 0 Å². The number of rotatable bonds is 0. The average molecular weight is 167 g/mol. The summed E-state index contributed by atoms with van der Waals surface area (Å²) in [7, 11) is 0. The van der Waals surface area contributed by atoms with E-state index in [0.717, 1.165) is 6.32 Å². The quantitative estimate of drug-likeness (QED) is 0.535. The lowest BCUT2D eigenvalue weighted by Gasteiger charge is -2.20. The van der Waals surface area contributed by atoms with Crippen molar-refractivity contribution >= 4 is 12.5 Å². The summed E-state index contributed by atoms with van der Waals surface area (Å²) in [6.07, 6.45) is 7.54. The summed E-state index contributed by atoms with van der Waals surface area (Å²) in [6.45, 7) is 0.558. The van der Waals surface area contributed by atoms with E-state index in [9.17, 15) is 0 Å². The van der Waals surface area contributed by atoms with Crippen molar-refractivity contribution in [3.8, 4) is 0 Å². The Morgan fingerprint density at radius 3 is 3.08 bits per heavy atom. The molecule has 1 aromatic carbocycles. The van der Waals surface area contributed by atoms with E-state index in [1.165, 1.54) is 11.3 Å². The van der Waals surface area contributed by atoms with Gasteiger partial charge in [0, 0.05) is 5.69 Å². The van der Waals surface area contributed by atoms with Crippen LogP contribution in [0.4, 0.5) is 5.69 Å². The Labute approximate surface area is 78.5 Å². The van der Waals surface area contributed by atoms with Gasteiger partial charge >= 0.3 is 0 Å². The molecule has 0 amide bonds. The molecule has 2 heterocycles. The van der Waals surface area contributed by atoms with E-state index in [1.807, 2.05) is 0 Å². The molecule has 0 fully saturated rings. The molecule has 13 heavy (non-hydrogen) atoms. The fraction of sp³-hybridized carbons (Fsp3) is 0.0909. The lowest BCUT2D eigenvalue weighted by atomic mass is 9.58. The highest BCUT2D eigenvalue weighted by Crippen LogP contribution is 2.31. The molecule has 62 valence electrons. The van der Waals surface area contributed by atoms with Gasteiger partial charge in [0.25, 0.3) is 6.85 Å². The summed E-state index contributed by atoms with van der Waals surface area (Å²) in [5, 5.41) is 0. The highest BCUT2D eigenvalue weighted by atomic mass is 15.1. The third-order valence-corrected chi connectivity index (χ3v) is 2.75. The number of benzene rings is 1. The second-order valence-corrected chi connectivity index (χ2v) is 3.53. The van der Waals surface area contributed by atoms with Crippen LogP contribution in [0.15, 0.2) is 48.6 Å². The Hall–Kier alpha value is -1.44. The lowest BCUT2D eigenvalue weighted by molar-refractivity contribution is 1.40. The fourth-order valence-corrected chi connectivity index (χ4v) is 2.12. The molecule has 0 aliphatic carbocycles. The number of hydrogen-bond acceptors (Lipinski definition) is 1. The zero-order valence-corrected chi connectivity index (χ0v) is 7.35. The summed E-state index contributed by atoms with van der Waals surface area (Å²) in [5.41, 5.74) is 2.83. The molecule has 0 N–H and O–H groups in total. The van der Waals surface area contributed by atoms with Crippen LogP contribution in [-0.4, -0.2) is 6.85 Å². The molecule has 0 saturated heterocycles. The zero-order valence-electron chi connectivity index (χ0n) is 7.35. The molecule has 1 nitrogen and oxygen atoms in total.